The van der Waals surface area contributed by atoms with Gasteiger partial charge >= 0.3 is 5.97 Å². The molecule has 7 heteroatoms. The fraction of sp³-hybridized carbons (Fsp3) is 0.412. The van der Waals surface area contributed by atoms with Crippen LogP contribution in [0.1, 0.15) is 38.2 Å². The van der Waals surface area contributed by atoms with Crippen LogP contribution in [0.15, 0.2) is 22.6 Å². The molecule has 1 aromatic carbocycles. The average molecular weight is 336 g/mol. The van der Waals surface area contributed by atoms with Crippen molar-refractivity contribution < 1.29 is 23.1 Å². The molecule has 6 nitrogen and oxygen atoms in total. The Kier molecular flexibility index (Phi) is 5.92. The first-order chi connectivity index (χ1) is 11.5. The van der Waals surface area contributed by atoms with Gasteiger partial charge in [0, 0.05) is 23.1 Å². The first-order valence-electron chi connectivity index (χ1n) is 7.83. The summed E-state index contributed by atoms with van der Waals surface area (Å²) in [6.45, 7) is 3.92. The van der Waals surface area contributed by atoms with Gasteiger partial charge in [-0.3, -0.25) is 14.9 Å². The Hall–Kier alpha value is -2.41. The smallest absolute Gasteiger partial charge is 0.315 e. The van der Waals surface area contributed by atoms with E-state index in [2.05, 4.69) is 5.32 Å². The van der Waals surface area contributed by atoms with E-state index in [0.717, 1.165) is 12.8 Å². The maximum Gasteiger partial charge on any atom is 0.315 e. The molecule has 0 aliphatic rings. The topological polar surface area (TPSA) is 94.6 Å². The zero-order valence-electron chi connectivity index (χ0n) is 13.7. The highest BCUT2D eigenvalue weighted by Gasteiger charge is 2.30. The van der Waals surface area contributed by atoms with Crippen molar-refractivity contribution in [2.24, 2.45) is 5.73 Å². The molecule has 0 saturated carbocycles. The summed E-state index contributed by atoms with van der Waals surface area (Å²) in [7, 11) is 0. The SMILES string of the molecule is CCCCOC(=O)C(c1cc(F)cc2cc(NC=O)oc12)C(C)N. The molecule has 1 amide bonds. The molecule has 1 heterocycles. The van der Waals surface area contributed by atoms with Crippen molar-refractivity contribution >= 4 is 29.2 Å². The second kappa shape index (κ2) is 7.92. The molecule has 130 valence electrons. The summed E-state index contributed by atoms with van der Waals surface area (Å²) in [5, 5.41) is 2.80. The summed E-state index contributed by atoms with van der Waals surface area (Å²) in [5.74, 6) is -1.75. The van der Waals surface area contributed by atoms with Crippen molar-refractivity contribution in [2.75, 3.05) is 11.9 Å². The first-order valence-corrected chi connectivity index (χ1v) is 7.83. The highest BCUT2D eigenvalue weighted by molar-refractivity contribution is 5.91. The van der Waals surface area contributed by atoms with Crippen LogP contribution in [0.5, 0.6) is 0 Å². The minimum atomic E-state index is -0.865. The average Bonchev–Trinajstić information content (AvgIpc) is 2.90. The summed E-state index contributed by atoms with van der Waals surface area (Å²) in [6, 6.07) is 3.36. The number of carbonyl (C=O) groups is 2. The van der Waals surface area contributed by atoms with E-state index in [1.54, 1.807) is 6.92 Å². The van der Waals surface area contributed by atoms with Crippen LogP contribution in [0.25, 0.3) is 11.0 Å². The fourth-order valence-electron chi connectivity index (χ4n) is 2.53. The maximum absolute atomic E-state index is 14.0. The van der Waals surface area contributed by atoms with E-state index in [1.807, 2.05) is 6.92 Å². The Bertz CT molecular complexity index is 727. The number of nitrogens with two attached hydrogens (primary N) is 1. The van der Waals surface area contributed by atoms with Crippen LogP contribution in [0.3, 0.4) is 0 Å². The molecular formula is C17H21FN2O4. The van der Waals surface area contributed by atoms with Crippen LogP contribution < -0.4 is 11.1 Å². The third-order valence-corrected chi connectivity index (χ3v) is 3.67. The van der Waals surface area contributed by atoms with Crippen LogP contribution >= 0.6 is 0 Å². The zero-order valence-corrected chi connectivity index (χ0v) is 13.7. The number of hydrogen-bond acceptors (Lipinski definition) is 5. The van der Waals surface area contributed by atoms with Gasteiger partial charge in [0.15, 0.2) is 0 Å². The summed E-state index contributed by atoms with van der Waals surface area (Å²) in [4.78, 5) is 23.0. The van der Waals surface area contributed by atoms with Crippen LogP contribution in [0.2, 0.25) is 0 Å². The molecule has 0 spiro atoms. The minimum absolute atomic E-state index is 0.162. The molecule has 2 aromatic rings. The third kappa shape index (κ3) is 3.91. The van der Waals surface area contributed by atoms with E-state index in [1.165, 1.54) is 18.2 Å². The second-order valence-corrected chi connectivity index (χ2v) is 5.64. The van der Waals surface area contributed by atoms with Crippen molar-refractivity contribution in [3.8, 4) is 0 Å². The van der Waals surface area contributed by atoms with Crippen LogP contribution in [0, 0.1) is 5.82 Å². The summed E-state index contributed by atoms with van der Waals surface area (Å²) in [5.41, 5.74) is 6.55. The number of hydrogen-bond donors (Lipinski definition) is 2. The minimum Gasteiger partial charge on any atom is -0.465 e. The number of rotatable bonds is 8. The molecule has 0 aliphatic heterocycles. The Labute approximate surface area is 139 Å². The number of halogens is 1. The molecule has 2 unspecified atom stereocenters. The lowest BCUT2D eigenvalue weighted by molar-refractivity contribution is -0.146. The van der Waals surface area contributed by atoms with Gasteiger partial charge in [-0.25, -0.2) is 4.39 Å². The van der Waals surface area contributed by atoms with Gasteiger partial charge in [-0.2, -0.15) is 0 Å². The lowest BCUT2D eigenvalue weighted by atomic mass is 9.91. The number of carbonyl (C=O) groups excluding carboxylic acids is 2. The molecule has 1 aromatic heterocycles. The fourth-order valence-corrected chi connectivity index (χ4v) is 2.53. The molecule has 0 radical (unpaired) electrons. The largest absolute Gasteiger partial charge is 0.465 e. The van der Waals surface area contributed by atoms with Crippen molar-refractivity contribution in [3.63, 3.8) is 0 Å². The van der Waals surface area contributed by atoms with E-state index < -0.39 is 23.7 Å². The Morgan fingerprint density at radius 2 is 2.21 bits per heavy atom. The number of ether oxygens (including phenoxy) is 1. The molecule has 3 N–H and O–H groups in total. The number of unbranched alkanes of at least 4 members (excludes halogenated alkanes) is 1. The van der Waals surface area contributed by atoms with Gasteiger partial charge in [0.1, 0.15) is 17.3 Å². The van der Waals surface area contributed by atoms with E-state index in [0.29, 0.717) is 22.9 Å². The Morgan fingerprint density at radius 1 is 1.46 bits per heavy atom. The number of fused-ring (bicyclic) bond motifs is 1. The molecule has 0 fully saturated rings. The monoisotopic (exact) mass is 336 g/mol. The predicted molar refractivity (Wildman–Crippen MR) is 88.1 cm³/mol. The van der Waals surface area contributed by atoms with E-state index in [4.69, 9.17) is 14.9 Å². The predicted octanol–water partition coefficient (Wildman–Crippen LogP) is 2.91. The maximum atomic E-state index is 14.0. The van der Waals surface area contributed by atoms with Gasteiger partial charge in [-0.05, 0) is 25.5 Å². The Balaban J connectivity index is 2.44. The van der Waals surface area contributed by atoms with Crippen molar-refractivity contribution in [3.05, 3.63) is 29.6 Å². The number of anilines is 1. The van der Waals surface area contributed by atoms with Gasteiger partial charge in [0.2, 0.25) is 12.3 Å². The quantitative estimate of drug-likeness (QED) is 0.439. The van der Waals surface area contributed by atoms with Gasteiger partial charge in [-0.1, -0.05) is 13.3 Å². The molecule has 2 atom stereocenters. The van der Waals surface area contributed by atoms with Crippen LogP contribution in [0.4, 0.5) is 10.3 Å². The number of esters is 1. The van der Waals surface area contributed by atoms with E-state index in [9.17, 15) is 14.0 Å². The lowest BCUT2D eigenvalue weighted by Gasteiger charge is -2.20. The van der Waals surface area contributed by atoms with Gasteiger partial charge < -0.3 is 14.9 Å². The number of nitrogens with one attached hydrogen (secondary N) is 1. The van der Waals surface area contributed by atoms with E-state index in [-0.39, 0.29) is 12.5 Å². The normalized spacial score (nSPS) is 13.5. The van der Waals surface area contributed by atoms with E-state index >= 15 is 0 Å². The summed E-state index contributed by atoms with van der Waals surface area (Å²) < 4.78 is 24.7. The number of furan rings is 1. The van der Waals surface area contributed by atoms with Crippen LogP contribution in [-0.4, -0.2) is 25.0 Å². The zero-order chi connectivity index (χ0) is 17.7. The summed E-state index contributed by atoms with van der Waals surface area (Å²) in [6.07, 6.45) is 2.08. The van der Waals surface area contributed by atoms with Crippen molar-refractivity contribution in [2.45, 2.75) is 38.6 Å². The molecule has 0 aliphatic carbocycles. The molecule has 2 rings (SSSR count). The number of benzene rings is 1. The third-order valence-electron chi connectivity index (χ3n) is 3.67. The van der Waals surface area contributed by atoms with Crippen molar-refractivity contribution in [1.29, 1.82) is 0 Å². The summed E-state index contributed by atoms with van der Waals surface area (Å²) >= 11 is 0. The molecular weight excluding hydrogens is 315 g/mol. The Morgan fingerprint density at radius 3 is 2.83 bits per heavy atom. The molecule has 24 heavy (non-hydrogen) atoms. The van der Waals surface area contributed by atoms with Crippen LogP contribution in [-0.2, 0) is 14.3 Å². The standard InChI is InChI=1S/C17H21FN2O4/c1-3-4-5-23-17(22)15(10(2)19)13-8-12(18)6-11-7-14(20-9-21)24-16(11)13/h6-10,15H,3-5,19H2,1-2H3,(H,20,21). The molecule has 0 bridgehead atoms. The highest BCUT2D eigenvalue weighted by Crippen LogP contribution is 2.33. The second-order valence-electron chi connectivity index (χ2n) is 5.64. The van der Waals surface area contributed by atoms with Gasteiger partial charge in [-0.15, -0.1) is 0 Å². The number of amides is 1. The first kappa shape index (κ1) is 17.9. The van der Waals surface area contributed by atoms with Gasteiger partial charge in [0.05, 0.1) is 6.61 Å². The van der Waals surface area contributed by atoms with Crippen molar-refractivity contribution in [1.82, 2.24) is 0 Å². The molecule has 0 saturated heterocycles. The van der Waals surface area contributed by atoms with Gasteiger partial charge in [0.25, 0.3) is 0 Å². The lowest BCUT2D eigenvalue weighted by Crippen LogP contribution is -2.32. The highest BCUT2D eigenvalue weighted by atomic mass is 19.1.